The number of urea groups is 1. The molecule has 7 heteroatoms. The van der Waals surface area contributed by atoms with E-state index in [9.17, 15) is 18.8 Å². The third kappa shape index (κ3) is 3.40. The SMILES string of the molecule is CCN(C(=O)CN1C(=O)NC(C)(c2ccc(F)cc2)C1=O)c1ccccc1. The van der Waals surface area contributed by atoms with Crippen molar-refractivity contribution in [3.05, 3.63) is 66.0 Å². The maximum Gasteiger partial charge on any atom is 0.325 e. The second kappa shape index (κ2) is 7.19. The van der Waals surface area contributed by atoms with Gasteiger partial charge in [0, 0.05) is 12.2 Å². The summed E-state index contributed by atoms with van der Waals surface area (Å²) in [5, 5.41) is 2.61. The van der Waals surface area contributed by atoms with E-state index in [2.05, 4.69) is 5.32 Å². The highest BCUT2D eigenvalue weighted by Crippen LogP contribution is 2.29. The lowest BCUT2D eigenvalue weighted by Gasteiger charge is -2.24. The van der Waals surface area contributed by atoms with Gasteiger partial charge >= 0.3 is 6.03 Å². The van der Waals surface area contributed by atoms with Crippen molar-refractivity contribution >= 4 is 23.5 Å². The summed E-state index contributed by atoms with van der Waals surface area (Å²) in [4.78, 5) is 40.4. The number of carbonyl (C=O) groups excluding carboxylic acids is 3. The lowest BCUT2D eigenvalue weighted by Crippen LogP contribution is -2.44. The second-order valence-corrected chi connectivity index (χ2v) is 6.43. The highest BCUT2D eigenvalue weighted by molar-refractivity contribution is 6.10. The summed E-state index contributed by atoms with van der Waals surface area (Å²) < 4.78 is 13.2. The number of para-hydroxylation sites is 1. The first kappa shape index (κ1) is 18.6. The topological polar surface area (TPSA) is 69.7 Å². The summed E-state index contributed by atoms with van der Waals surface area (Å²) in [7, 11) is 0. The summed E-state index contributed by atoms with van der Waals surface area (Å²) in [6.07, 6.45) is 0. The minimum Gasteiger partial charge on any atom is -0.319 e. The van der Waals surface area contributed by atoms with E-state index in [1.54, 1.807) is 19.1 Å². The average molecular weight is 369 g/mol. The fraction of sp³-hybridized carbons (Fsp3) is 0.250. The molecule has 1 N–H and O–H groups in total. The Morgan fingerprint density at radius 3 is 2.33 bits per heavy atom. The number of hydrogen-bond donors (Lipinski definition) is 1. The van der Waals surface area contributed by atoms with Gasteiger partial charge in [-0.3, -0.25) is 14.5 Å². The molecule has 27 heavy (non-hydrogen) atoms. The summed E-state index contributed by atoms with van der Waals surface area (Å²) >= 11 is 0. The normalized spacial score (nSPS) is 19.1. The number of halogens is 1. The zero-order valence-corrected chi connectivity index (χ0v) is 15.1. The van der Waals surface area contributed by atoms with Crippen LogP contribution in [0, 0.1) is 5.82 Å². The van der Waals surface area contributed by atoms with Crippen molar-refractivity contribution in [1.29, 1.82) is 0 Å². The van der Waals surface area contributed by atoms with E-state index in [4.69, 9.17) is 0 Å². The molecule has 6 nitrogen and oxygen atoms in total. The highest BCUT2D eigenvalue weighted by atomic mass is 19.1. The molecule has 1 fully saturated rings. The van der Waals surface area contributed by atoms with Crippen molar-refractivity contribution in [2.24, 2.45) is 0 Å². The van der Waals surface area contributed by atoms with Crippen LogP contribution in [0.4, 0.5) is 14.9 Å². The van der Waals surface area contributed by atoms with Gasteiger partial charge in [0.15, 0.2) is 0 Å². The summed E-state index contributed by atoms with van der Waals surface area (Å²) in [5.74, 6) is -1.35. The number of carbonyl (C=O) groups is 3. The van der Waals surface area contributed by atoms with E-state index in [-0.39, 0.29) is 12.5 Å². The Morgan fingerprint density at radius 2 is 1.74 bits per heavy atom. The first-order valence-corrected chi connectivity index (χ1v) is 8.62. The molecule has 2 aromatic carbocycles. The van der Waals surface area contributed by atoms with Gasteiger partial charge in [0.25, 0.3) is 5.91 Å². The van der Waals surface area contributed by atoms with Crippen molar-refractivity contribution in [2.75, 3.05) is 18.0 Å². The van der Waals surface area contributed by atoms with Gasteiger partial charge in [-0.1, -0.05) is 30.3 Å². The van der Waals surface area contributed by atoms with Crippen molar-refractivity contribution in [3.8, 4) is 0 Å². The molecule has 140 valence electrons. The number of nitrogens with one attached hydrogen (secondary N) is 1. The molecular formula is C20H20FN3O3. The number of amides is 4. The first-order chi connectivity index (χ1) is 12.9. The Balaban J connectivity index is 1.81. The Bertz CT molecular complexity index is 870. The number of rotatable bonds is 5. The molecule has 1 heterocycles. The largest absolute Gasteiger partial charge is 0.325 e. The van der Waals surface area contributed by atoms with Gasteiger partial charge in [-0.05, 0) is 43.7 Å². The van der Waals surface area contributed by atoms with Crippen molar-refractivity contribution < 1.29 is 18.8 Å². The molecule has 0 saturated carbocycles. The molecule has 0 bridgehead atoms. The fourth-order valence-electron chi connectivity index (χ4n) is 3.15. The highest BCUT2D eigenvalue weighted by Gasteiger charge is 2.49. The summed E-state index contributed by atoms with van der Waals surface area (Å²) in [5.41, 5.74) is -0.194. The summed E-state index contributed by atoms with van der Waals surface area (Å²) in [6, 6.07) is 13.7. The zero-order chi connectivity index (χ0) is 19.6. The molecule has 4 amide bonds. The van der Waals surface area contributed by atoms with Crippen LogP contribution < -0.4 is 10.2 Å². The Morgan fingerprint density at radius 1 is 1.11 bits per heavy atom. The molecule has 2 aromatic rings. The predicted octanol–water partition coefficient (Wildman–Crippen LogP) is 2.65. The quantitative estimate of drug-likeness (QED) is 0.824. The zero-order valence-electron chi connectivity index (χ0n) is 15.1. The van der Waals surface area contributed by atoms with Crippen LogP contribution in [-0.2, 0) is 15.1 Å². The minimum absolute atomic E-state index is 0.365. The molecule has 3 rings (SSSR count). The van der Waals surface area contributed by atoms with Gasteiger partial charge < -0.3 is 10.2 Å². The van der Waals surface area contributed by atoms with Gasteiger partial charge in [-0.2, -0.15) is 0 Å². The van der Waals surface area contributed by atoms with Gasteiger partial charge in [-0.15, -0.1) is 0 Å². The van der Waals surface area contributed by atoms with E-state index in [0.717, 1.165) is 4.90 Å². The van der Waals surface area contributed by atoms with Crippen LogP contribution in [0.1, 0.15) is 19.4 Å². The van der Waals surface area contributed by atoms with E-state index in [1.807, 2.05) is 25.1 Å². The van der Waals surface area contributed by atoms with Crippen LogP contribution in [0.15, 0.2) is 54.6 Å². The van der Waals surface area contributed by atoms with Crippen molar-refractivity contribution in [3.63, 3.8) is 0 Å². The standard InChI is InChI=1S/C20H20FN3O3/c1-3-23(16-7-5-4-6-8-16)17(25)13-24-18(26)20(2,22-19(24)27)14-9-11-15(21)12-10-14/h4-12H,3,13H2,1-2H3,(H,22,27). The van der Waals surface area contributed by atoms with Gasteiger partial charge in [0.2, 0.25) is 5.91 Å². The average Bonchev–Trinajstić information content (AvgIpc) is 2.88. The van der Waals surface area contributed by atoms with Crippen LogP contribution in [0.25, 0.3) is 0 Å². The molecule has 0 aromatic heterocycles. The number of likely N-dealkylation sites (N-methyl/N-ethyl adjacent to an activating group) is 1. The molecule has 1 aliphatic heterocycles. The Kier molecular flexibility index (Phi) is 4.94. The van der Waals surface area contributed by atoms with Gasteiger partial charge in [0.05, 0.1) is 0 Å². The van der Waals surface area contributed by atoms with Crippen LogP contribution >= 0.6 is 0 Å². The maximum absolute atomic E-state index is 13.2. The summed E-state index contributed by atoms with van der Waals surface area (Å²) in [6.45, 7) is 3.39. The second-order valence-electron chi connectivity index (χ2n) is 6.43. The van der Waals surface area contributed by atoms with Gasteiger partial charge in [-0.25, -0.2) is 9.18 Å². The molecule has 1 saturated heterocycles. The molecule has 0 spiro atoms. The molecule has 1 aliphatic rings. The van der Waals surface area contributed by atoms with E-state index < -0.39 is 23.3 Å². The van der Waals surface area contributed by atoms with Crippen molar-refractivity contribution in [1.82, 2.24) is 10.2 Å². The van der Waals surface area contributed by atoms with E-state index in [0.29, 0.717) is 17.8 Å². The molecule has 0 aliphatic carbocycles. The number of nitrogens with zero attached hydrogens (tertiary/aromatic N) is 2. The molecule has 1 atom stereocenters. The van der Waals surface area contributed by atoms with E-state index in [1.165, 1.54) is 29.2 Å². The maximum atomic E-state index is 13.2. The lowest BCUT2D eigenvalue weighted by atomic mass is 9.92. The monoisotopic (exact) mass is 369 g/mol. The van der Waals surface area contributed by atoms with Crippen LogP contribution in [-0.4, -0.2) is 35.8 Å². The van der Waals surface area contributed by atoms with Crippen LogP contribution in [0.5, 0.6) is 0 Å². The Hall–Kier alpha value is -3.22. The number of anilines is 1. The third-order valence-corrected chi connectivity index (χ3v) is 4.68. The molecular weight excluding hydrogens is 349 g/mol. The van der Waals surface area contributed by atoms with E-state index >= 15 is 0 Å². The molecule has 1 unspecified atom stereocenters. The number of hydrogen-bond acceptors (Lipinski definition) is 3. The van der Waals surface area contributed by atoms with Gasteiger partial charge in [0.1, 0.15) is 17.9 Å². The number of imide groups is 1. The fourth-order valence-corrected chi connectivity index (χ4v) is 3.15. The van der Waals surface area contributed by atoms with Crippen molar-refractivity contribution in [2.45, 2.75) is 19.4 Å². The third-order valence-electron chi connectivity index (χ3n) is 4.68. The minimum atomic E-state index is -1.34. The Labute approximate surface area is 156 Å². The molecule has 0 radical (unpaired) electrons. The first-order valence-electron chi connectivity index (χ1n) is 8.62. The lowest BCUT2D eigenvalue weighted by molar-refractivity contribution is -0.134. The van der Waals surface area contributed by atoms with Crippen LogP contribution in [0.3, 0.4) is 0 Å². The predicted molar refractivity (Wildman–Crippen MR) is 98.5 cm³/mol. The number of benzene rings is 2. The van der Waals surface area contributed by atoms with Crippen LogP contribution in [0.2, 0.25) is 0 Å². The smallest absolute Gasteiger partial charge is 0.319 e.